The number of hydrogen-bond acceptors (Lipinski definition) is 7. The maximum atomic E-state index is 5.99. The van der Waals surface area contributed by atoms with Crippen LogP contribution in [-0.4, -0.2) is 26.5 Å². The number of nitrogens with one attached hydrogen (secondary N) is 1. The minimum atomic E-state index is -1.79. The van der Waals surface area contributed by atoms with E-state index >= 15 is 0 Å². The summed E-state index contributed by atoms with van der Waals surface area (Å²) in [6.07, 6.45) is 0. The summed E-state index contributed by atoms with van der Waals surface area (Å²) in [7, 11) is 0. The van der Waals surface area contributed by atoms with Crippen LogP contribution in [0.15, 0.2) is 29.6 Å². The molecule has 0 aliphatic heterocycles. The van der Waals surface area contributed by atoms with Gasteiger partial charge in [-0.3, -0.25) is 5.32 Å². The molecule has 0 atom stereocenters. The van der Waals surface area contributed by atoms with Gasteiger partial charge >= 0.3 is 0 Å². The Hall–Kier alpha value is -1.67. The summed E-state index contributed by atoms with van der Waals surface area (Å²) in [6, 6.07) is 7.35. The van der Waals surface area contributed by atoms with E-state index in [1.807, 2.05) is 43.5 Å². The van der Waals surface area contributed by atoms with E-state index in [0.717, 1.165) is 5.69 Å². The number of hydrogen-bond donors (Lipinski definition) is 1. The number of benzene rings is 1. The summed E-state index contributed by atoms with van der Waals surface area (Å²) in [6.45, 7) is 4.36. The van der Waals surface area contributed by atoms with Crippen molar-refractivity contribution in [3.05, 3.63) is 41.2 Å². The summed E-state index contributed by atoms with van der Waals surface area (Å²) in [4.78, 5) is 17.2. The third-order valence-electron chi connectivity index (χ3n) is 3.13. The Labute approximate surface area is 169 Å². The minimum Gasteiger partial charge on any atom is -0.494 e. The molecule has 6 nitrogen and oxygen atoms in total. The summed E-state index contributed by atoms with van der Waals surface area (Å²) < 4.78 is 3.73. The zero-order valence-electron chi connectivity index (χ0n) is 13.8. The van der Waals surface area contributed by atoms with Crippen molar-refractivity contribution >= 4 is 57.2 Å². The van der Waals surface area contributed by atoms with Gasteiger partial charge in [-0.15, -0.1) is 11.3 Å². The first-order valence-corrected chi connectivity index (χ1v) is 9.62. The number of halogens is 3. The van der Waals surface area contributed by atoms with Gasteiger partial charge in [-0.2, -0.15) is 9.97 Å². The molecular weight excluding hydrogens is 417 g/mol. The fourth-order valence-corrected chi connectivity index (χ4v) is 3.02. The average Bonchev–Trinajstić information content (AvgIpc) is 2.99. The van der Waals surface area contributed by atoms with Crippen LogP contribution < -0.4 is 10.1 Å². The molecule has 0 bridgehead atoms. The van der Waals surface area contributed by atoms with Crippen LogP contribution >= 0.6 is 46.1 Å². The normalized spacial score (nSPS) is 11.4. The fourth-order valence-electron chi connectivity index (χ4n) is 2.09. The highest BCUT2D eigenvalue weighted by Crippen LogP contribution is 2.37. The number of aromatic nitrogens is 4. The van der Waals surface area contributed by atoms with Gasteiger partial charge in [0.1, 0.15) is 5.75 Å². The smallest absolute Gasteiger partial charge is 0.250 e. The van der Waals surface area contributed by atoms with Gasteiger partial charge in [0, 0.05) is 10.9 Å². The molecule has 1 aromatic carbocycles. The fraction of sp³-hybridized carbons (Fsp3) is 0.250. The molecule has 1 N–H and O–H groups in total. The second kappa shape index (κ2) is 7.92. The van der Waals surface area contributed by atoms with Crippen molar-refractivity contribution in [1.29, 1.82) is 0 Å². The number of thiazole rings is 1. The van der Waals surface area contributed by atoms with Crippen molar-refractivity contribution in [1.82, 2.24) is 19.9 Å². The van der Waals surface area contributed by atoms with Gasteiger partial charge in [-0.25, -0.2) is 9.97 Å². The van der Waals surface area contributed by atoms with Crippen LogP contribution in [0.25, 0.3) is 11.4 Å². The number of nitrogens with zero attached hydrogens (tertiary/aromatic N) is 4. The van der Waals surface area contributed by atoms with E-state index in [2.05, 4.69) is 25.3 Å². The largest absolute Gasteiger partial charge is 0.494 e. The SMILES string of the molecule is CCOc1cccc(-c2nc(Nc3nc(C)cs3)nc(C(Cl)(Cl)Cl)n2)c1. The third-order valence-corrected chi connectivity index (χ3v) is 4.51. The summed E-state index contributed by atoms with van der Waals surface area (Å²) in [5.74, 6) is 1.32. The number of alkyl halides is 3. The highest BCUT2D eigenvalue weighted by molar-refractivity contribution is 7.13. The van der Waals surface area contributed by atoms with Gasteiger partial charge in [0.25, 0.3) is 0 Å². The molecule has 0 unspecified atom stereocenters. The van der Waals surface area contributed by atoms with Crippen molar-refractivity contribution in [2.45, 2.75) is 17.6 Å². The molecule has 0 radical (unpaired) electrons. The van der Waals surface area contributed by atoms with E-state index in [1.54, 1.807) is 0 Å². The monoisotopic (exact) mass is 429 g/mol. The predicted molar refractivity (Wildman–Crippen MR) is 106 cm³/mol. The Balaban J connectivity index is 2.03. The Morgan fingerprint density at radius 3 is 2.62 bits per heavy atom. The molecule has 2 heterocycles. The molecule has 0 saturated heterocycles. The first kappa shape index (κ1) is 19.1. The molecule has 0 aliphatic rings. The predicted octanol–water partition coefficient (Wildman–Crippen LogP) is 5.27. The van der Waals surface area contributed by atoms with Gasteiger partial charge in [0.05, 0.1) is 12.3 Å². The first-order chi connectivity index (χ1) is 12.3. The zero-order chi connectivity index (χ0) is 18.7. The molecule has 0 amide bonds. The lowest BCUT2D eigenvalue weighted by molar-refractivity contribution is 0.340. The maximum absolute atomic E-state index is 5.99. The van der Waals surface area contributed by atoms with Gasteiger partial charge in [0.15, 0.2) is 16.8 Å². The Morgan fingerprint density at radius 2 is 1.96 bits per heavy atom. The van der Waals surface area contributed by atoms with Crippen LogP contribution in [0, 0.1) is 6.92 Å². The van der Waals surface area contributed by atoms with E-state index in [0.29, 0.717) is 28.9 Å². The molecule has 0 saturated carbocycles. The van der Waals surface area contributed by atoms with E-state index < -0.39 is 3.79 Å². The van der Waals surface area contributed by atoms with E-state index in [1.165, 1.54) is 11.3 Å². The number of anilines is 2. The second-order valence-electron chi connectivity index (χ2n) is 5.18. The Kier molecular flexibility index (Phi) is 5.82. The summed E-state index contributed by atoms with van der Waals surface area (Å²) >= 11 is 19.4. The molecule has 136 valence electrons. The second-order valence-corrected chi connectivity index (χ2v) is 8.32. The van der Waals surface area contributed by atoms with E-state index in [-0.39, 0.29) is 11.8 Å². The van der Waals surface area contributed by atoms with Gasteiger partial charge in [-0.1, -0.05) is 46.9 Å². The zero-order valence-corrected chi connectivity index (χ0v) is 16.9. The van der Waals surface area contributed by atoms with Crippen LogP contribution in [0.2, 0.25) is 0 Å². The molecule has 10 heteroatoms. The highest BCUT2D eigenvalue weighted by atomic mass is 35.6. The number of rotatable bonds is 5. The quantitative estimate of drug-likeness (QED) is 0.556. The topological polar surface area (TPSA) is 72.8 Å². The lowest BCUT2D eigenvalue weighted by Gasteiger charge is -2.13. The highest BCUT2D eigenvalue weighted by Gasteiger charge is 2.28. The van der Waals surface area contributed by atoms with Crippen LogP contribution in [0.5, 0.6) is 5.75 Å². The van der Waals surface area contributed by atoms with Crippen molar-refractivity contribution in [2.75, 3.05) is 11.9 Å². The van der Waals surface area contributed by atoms with Crippen molar-refractivity contribution in [2.24, 2.45) is 0 Å². The molecule has 26 heavy (non-hydrogen) atoms. The molecule has 0 aliphatic carbocycles. The van der Waals surface area contributed by atoms with Crippen LogP contribution in [0.4, 0.5) is 11.1 Å². The number of aryl methyl sites for hydroxylation is 1. The average molecular weight is 431 g/mol. The molecular formula is C16H14Cl3N5OS. The first-order valence-electron chi connectivity index (χ1n) is 7.61. The van der Waals surface area contributed by atoms with Crippen LogP contribution in [0.1, 0.15) is 18.4 Å². The van der Waals surface area contributed by atoms with Crippen LogP contribution in [0.3, 0.4) is 0 Å². The Morgan fingerprint density at radius 1 is 1.15 bits per heavy atom. The molecule has 2 aromatic heterocycles. The van der Waals surface area contributed by atoms with Gasteiger partial charge < -0.3 is 4.74 Å². The molecule has 3 rings (SSSR count). The third kappa shape index (κ3) is 4.73. The van der Waals surface area contributed by atoms with Gasteiger partial charge in [-0.05, 0) is 26.0 Å². The molecule has 0 fully saturated rings. The lowest BCUT2D eigenvalue weighted by atomic mass is 10.2. The maximum Gasteiger partial charge on any atom is 0.250 e. The van der Waals surface area contributed by atoms with E-state index in [4.69, 9.17) is 39.5 Å². The Bertz CT molecular complexity index is 913. The molecule has 0 spiro atoms. The van der Waals surface area contributed by atoms with Crippen molar-refractivity contribution in [3.63, 3.8) is 0 Å². The van der Waals surface area contributed by atoms with Crippen molar-refractivity contribution < 1.29 is 4.74 Å². The van der Waals surface area contributed by atoms with E-state index in [9.17, 15) is 0 Å². The summed E-state index contributed by atoms with van der Waals surface area (Å²) in [5, 5.41) is 5.57. The summed E-state index contributed by atoms with van der Waals surface area (Å²) in [5.41, 5.74) is 1.60. The van der Waals surface area contributed by atoms with Crippen LogP contribution in [-0.2, 0) is 3.79 Å². The standard InChI is InChI=1S/C16H14Cl3N5OS/c1-3-25-11-6-4-5-10(7-11)12-21-13(16(17,18)19)23-14(22-12)24-15-20-9(2)8-26-15/h4-8H,3H2,1-2H3,(H,20,21,22,23,24). The van der Waals surface area contributed by atoms with Gasteiger partial charge in [0.2, 0.25) is 9.74 Å². The van der Waals surface area contributed by atoms with Crippen molar-refractivity contribution in [3.8, 4) is 17.1 Å². The minimum absolute atomic E-state index is 0.0186. The number of ether oxygens (including phenoxy) is 1. The lowest BCUT2D eigenvalue weighted by Crippen LogP contribution is -2.12. The molecule has 3 aromatic rings.